The number of hydrogen-bond acceptors (Lipinski definition) is 3. The van der Waals surface area contributed by atoms with Crippen molar-refractivity contribution in [3.05, 3.63) is 57.8 Å². The van der Waals surface area contributed by atoms with Gasteiger partial charge in [0.05, 0.1) is 0 Å². The van der Waals surface area contributed by atoms with Crippen LogP contribution in [0.25, 0.3) is 0 Å². The van der Waals surface area contributed by atoms with Gasteiger partial charge in [-0.1, -0.05) is 22.0 Å². The molecule has 6 heteroatoms. The fourth-order valence-electron chi connectivity index (χ4n) is 1.62. The van der Waals surface area contributed by atoms with Crippen molar-refractivity contribution >= 4 is 39.3 Å². The summed E-state index contributed by atoms with van der Waals surface area (Å²) in [7, 11) is 0. The Hall–Kier alpha value is -1.53. The Kier molecular flexibility index (Phi) is 4.67. The van der Waals surface area contributed by atoms with Gasteiger partial charge in [0, 0.05) is 26.4 Å². The Balaban J connectivity index is 2.13. The highest BCUT2D eigenvalue weighted by molar-refractivity contribution is 9.10. The van der Waals surface area contributed by atoms with E-state index >= 15 is 0 Å². The van der Waals surface area contributed by atoms with Crippen molar-refractivity contribution in [1.29, 1.82) is 0 Å². The van der Waals surface area contributed by atoms with Gasteiger partial charge in [-0.3, -0.25) is 4.79 Å². The van der Waals surface area contributed by atoms with Crippen LogP contribution in [0.4, 0.5) is 10.1 Å². The zero-order valence-corrected chi connectivity index (χ0v) is 12.8. The maximum atomic E-state index is 13.8. The highest BCUT2D eigenvalue weighted by Crippen LogP contribution is 2.31. The average molecular weight is 355 g/mol. The largest absolute Gasteiger partial charge is 0.398 e. The van der Waals surface area contributed by atoms with E-state index in [0.717, 1.165) is 15.4 Å². The van der Waals surface area contributed by atoms with Crippen LogP contribution in [0.2, 0.25) is 0 Å². The predicted octanol–water partition coefficient (Wildman–Crippen LogP) is 3.56. The summed E-state index contributed by atoms with van der Waals surface area (Å²) in [5.74, 6) is -0.652. The van der Waals surface area contributed by atoms with Crippen LogP contribution in [0, 0.1) is 5.82 Å². The van der Waals surface area contributed by atoms with Crippen LogP contribution in [-0.4, -0.2) is 5.91 Å². The second-order valence-electron chi connectivity index (χ2n) is 4.14. The number of nitrogen functional groups attached to an aromatic ring is 1. The van der Waals surface area contributed by atoms with Crippen molar-refractivity contribution in [2.24, 2.45) is 5.73 Å². The van der Waals surface area contributed by atoms with Gasteiger partial charge in [0.1, 0.15) is 5.82 Å². The second kappa shape index (κ2) is 6.28. The summed E-state index contributed by atoms with van der Waals surface area (Å²) >= 11 is 4.77. The quantitative estimate of drug-likeness (QED) is 0.651. The van der Waals surface area contributed by atoms with Gasteiger partial charge in [-0.25, -0.2) is 4.39 Å². The molecule has 0 fully saturated rings. The molecule has 2 rings (SSSR count). The van der Waals surface area contributed by atoms with E-state index in [9.17, 15) is 9.18 Å². The van der Waals surface area contributed by atoms with Gasteiger partial charge in [0.15, 0.2) is 0 Å². The zero-order chi connectivity index (χ0) is 14.7. The number of carbonyl (C=O) groups excluding carboxylic acids is 1. The molecule has 104 valence electrons. The summed E-state index contributed by atoms with van der Waals surface area (Å²) in [6.07, 6.45) is 0. The van der Waals surface area contributed by atoms with Gasteiger partial charge in [0.25, 0.3) is 0 Å². The van der Waals surface area contributed by atoms with Gasteiger partial charge in [-0.05, 0) is 35.9 Å². The summed E-state index contributed by atoms with van der Waals surface area (Å²) in [5.41, 5.74) is 12.3. The SMILES string of the molecule is NC(=O)c1ccc(CSc2ccc(Br)cc2N)c(F)c1. The van der Waals surface area contributed by atoms with Crippen molar-refractivity contribution in [3.63, 3.8) is 0 Å². The third-order valence-corrected chi connectivity index (χ3v) is 4.32. The summed E-state index contributed by atoms with van der Waals surface area (Å²) in [6, 6.07) is 9.80. The van der Waals surface area contributed by atoms with E-state index in [4.69, 9.17) is 11.5 Å². The number of thioether (sulfide) groups is 1. The molecular weight excluding hydrogens is 343 g/mol. The van der Waals surface area contributed by atoms with Crippen LogP contribution in [0.3, 0.4) is 0 Å². The smallest absolute Gasteiger partial charge is 0.248 e. The number of amides is 1. The molecule has 0 aromatic heterocycles. The lowest BCUT2D eigenvalue weighted by Gasteiger charge is -2.07. The van der Waals surface area contributed by atoms with E-state index in [1.54, 1.807) is 12.1 Å². The highest BCUT2D eigenvalue weighted by atomic mass is 79.9. The fraction of sp³-hybridized carbons (Fsp3) is 0.0714. The number of halogens is 2. The number of anilines is 1. The van der Waals surface area contributed by atoms with Crippen LogP contribution in [-0.2, 0) is 5.75 Å². The summed E-state index contributed by atoms with van der Waals surface area (Å²) < 4.78 is 14.7. The highest BCUT2D eigenvalue weighted by Gasteiger charge is 2.08. The Morgan fingerprint density at radius 2 is 2.00 bits per heavy atom. The van der Waals surface area contributed by atoms with Crippen molar-refractivity contribution in [2.75, 3.05) is 5.73 Å². The third kappa shape index (κ3) is 3.52. The Labute approximate surface area is 128 Å². The lowest BCUT2D eigenvalue weighted by atomic mass is 10.1. The molecule has 0 unspecified atom stereocenters. The first-order valence-electron chi connectivity index (χ1n) is 5.73. The molecule has 0 saturated heterocycles. The van der Waals surface area contributed by atoms with Crippen LogP contribution < -0.4 is 11.5 Å². The molecule has 0 atom stereocenters. The maximum Gasteiger partial charge on any atom is 0.248 e. The fourth-order valence-corrected chi connectivity index (χ4v) is 2.94. The average Bonchev–Trinajstić information content (AvgIpc) is 2.38. The first kappa shape index (κ1) is 14.9. The predicted molar refractivity (Wildman–Crippen MR) is 83.0 cm³/mol. The molecule has 0 heterocycles. The van der Waals surface area contributed by atoms with E-state index < -0.39 is 11.7 Å². The number of carbonyl (C=O) groups is 1. The van der Waals surface area contributed by atoms with Crippen LogP contribution in [0.15, 0.2) is 45.8 Å². The summed E-state index contributed by atoms with van der Waals surface area (Å²) in [5, 5.41) is 0. The van der Waals surface area contributed by atoms with Gasteiger partial charge < -0.3 is 11.5 Å². The molecule has 0 aliphatic carbocycles. The van der Waals surface area contributed by atoms with Crippen molar-refractivity contribution in [2.45, 2.75) is 10.6 Å². The topological polar surface area (TPSA) is 69.1 Å². The van der Waals surface area contributed by atoms with Crippen LogP contribution in [0.5, 0.6) is 0 Å². The minimum Gasteiger partial charge on any atom is -0.398 e. The number of benzene rings is 2. The van der Waals surface area contributed by atoms with E-state index in [0.29, 0.717) is 17.0 Å². The van der Waals surface area contributed by atoms with E-state index in [2.05, 4.69) is 15.9 Å². The van der Waals surface area contributed by atoms with E-state index in [1.807, 2.05) is 12.1 Å². The molecule has 0 radical (unpaired) electrons. The molecule has 3 nitrogen and oxygen atoms in total. The molecule has 2 aromatic carbocycles. The molecule has 2 aromatic rings. The second-order valence-corrected chi connectivity index (χ2v) is 6.07. The normalized spacial score (nSPS) is 10.5. The lowest BCUT2D eigenvalue weighted by molar-refractivity contribution is 0.1000. The molecule has 0 aliphatic rings. The Morgan fingerprint density at radius 1 is 1.25 bits per heavy atom. The molecule has 20 heavy (non-hydrogen) atoms. The molecule has 0 bridgehead atoms. The first-order chi connectivity index (χ1) is 9.47. The molecule has 0 spiro atoms. The van der Waals surface area contributed by atoms with Crippen LogP contribution in [0.1, 0.15) is 15.9 Å². The number of primary amides is 1. The van der Waals surface area contributed by atoms with Gasteiger partial charge in [0.2, 0.25) is 5.91 Å². The van der Waals surface area contributed by atoms with Crippen molar-refractivity contribution < 1.29 is 9.18 Å². The summed E-state index contributed by atoms with van der Waals surface area (Å²) in [4.78, 5) is 11.8. The molecule has 1 amide bonds. The standard InChI is InChI=1S/C14H12BrFN2OS/c15-10-3-4-13(12(17)6-10)20-7-9-2-1-8(14(18)19)5-11(9)16/h1-6H,7,17H2,(H2,18,19). The van der Waals surface area contributed by atoms with Gasteiger partial charge >= 0.3 is 0 Å². The summed E-state index contributed by atoms with van der Waals surface area (Å²) in [6.45, 7) is 0. The monoisotopic (exact) mass is 354 g/mol. The van der Waals surface area contributed by atoms with Gasteiger partial charge in [-0.15, -0.1) is 11.8 Å². The Morgan fingerprint density at radius 3 is 2.60 bits per heavy atom. The Bertz CT molecular complexity index is 664. The van der Waals surface area contributed by atoms with E-state index in [1.165, 1.54) is 17.8 Å². The lowest BCUT2D eigenvalue weighted by Crippen LogP contribution is -2.11. The third-order valence-electron chi connectivity index (χ3n) is 2.69. The minimum atomic E-state index is -0.639. The zero-order valence-electron chi connectivity index (χ0n) is 10.4. The number of nitrogens with two attached hydrogens (primary N) is 2. The van der Waals surface area contributed by atoms with Crippen molar-refractivity contribution in [3.8, 4) is 0 Å². The molecule has 0 saturated carbocycles. The molecule has 4 N–H and O–H groups in total. The maximum absolute atomic E-state index is 13.8. The van der Waals surface area contributed by atoms with Gasteiger partial charge in [-0.2, -0.15) is 0 Å². The van der Waals surface area contributed by atoms with Crippen molar-refractivity contribution in [1.82, 2.24) is 0 Å². The van der Waals surface area contributed by atoms with E-state index in [-0.39, 0.29) is 5.56 Å². The number of rotatable bonds is 4. The molecular formula is C14H12BrFN2OS. The number of hydrogen-bond donors (Lipinski definition) is 2. The minimum absolute atomic E-state index is 0.166. The van der Waals surface area contributed by atoms with Crippen LogP contribution >= 0.6 is 27.7 Å². The first-order valence-corrected chi connectivity index (χ1v) is 7.51. The molecule has 0 aliphatic heterocycles.